The molecule has 0 unspecified atom stereocenters. The van der Waals surface area contributed by atoms with Crippen molar-refractivity contribution in [2.45, 2.75) is 0 Å². The van der Waals surface area contributed by atoms with Crippen molar-refractivity contribution in [2.75, 3.05) is 17.7 Å². The molecule has 0 fully saturated rings. The number of rotatable bonds is 2. The second-order valence-electron chi connectivity index (χ2n) is 4.31. The topological polar surface area (TPSA) is 86.8 Å². The van der Waals surface area contributed by atoms with E-state index in [1.165, 1.54) is 24.1 Å². The number of hydrogen-bond acceptors (Lipinski definition) is 4. The monoisotopic (exact) mass is 292 g/mol. The van der Waals surface area contributed by atoms with Gasteiger partial charge in [-0.2, -0.15) is 0 Å². The molecule has 2 aromatic rings. The summed E-state index contributed by atoms with van der Waals surface area (Å²) in [5, 5.41) is 19.3. The molecule has 0 aromatic heterocycles. The zero-order valence-electron chi connectivity index (χ0n) is 10.7. The Hall–Kier alpha value is -2.40. The van der Waals surface area contributed by atoms with Crippen LogP contribution in [-0.2, 0) is 0 Å². The summed E-state index contributed by atoms with van der Waals surface area (Å²) in [6, 6.07) is 8.46. The Morgan fingerprint density at radius 1 is 1.15 bits per heavy atom. The number of benzene rings is 2. The van der Waals surface area contributed by atoms with Crippen molar-refractivity contribution in [1.82, 2.24) is 0 Å². The average Bonchev–Trinajstić information content (AvgIpc) is 2.38. The summed E-state index contributed by atoms with van der Waals surface area (Å²) in [4.78, 5) is 13.6. The first-order valence-corrected chi connectivity index (χ1v) is 6.12. The minimum atomic E-state index is -0.426. The smallest absolute Gasteiger partial charge is 0.258 e. The molecule has 6 heteroatoms. The fourth-order valence-electron chi connectivity index (χ4n) is 1.83. The van der Waals surface area contributed by atoms with E-state index < -0.39 is 5.91 Å². The van der Waals surface area contributed by atoms with Crippen molar-refractivity contribution in [3.8, 4) is 11.5 Å². The van der Waals surface area contributed by atoms with Crippen molar-refractivity contribution in [2.24, 2.45) is 0 Å². The van der Waals surface area contributed by atoms with Crippen LogP contribution < -0.4 is 10.6 Å². The SMILES string of the molecule is CN(C(=O)c1cc(O)cc(O)c1)c1cc(Cl)ccc1N. The first-order chi connectivity index (χ1) is 9.38. The Balaban J connectivity index is 2.39. The standard InChI is InChI=1S/C14H13ClN2O3/c1-17(13-6-9(15)2-3-12(13)16)14(20)8-4-10(18)7-11(19)5-8/h2-7,18-19H,16H2,1H3. The van der Waals surface area contributed by atoms with Gasteiger partial charge in [-0.1, -0.05) is 11.6 Å². The Labute approximate surface area is 120 Å². The van der Waals surface area contributed by atoms with Crippen LogP contribution in [0.1, 0.15) is 10.4 Å². The predicted molar refractivity (Wildman–Crippen MR) is 78.4 cm³/mol. The Bertz CT molecular complexity index is 653. The van der Waals surface area contributed by atoms with Gasteiger partial charge in [0.15, 0.2) is 0 Å². The highest BCUT2D eigenvalue weighted by Crippen LogP contribution is 2.28. The van der Waals surface area contributed by atoms with E-state index in [0.717, 1.165) is 6.07 Å². The van der Waals surface area contributed by atoms with Crippen molar-refractivity contribution in [3.63, 3.8) is 0 Å². The van der Waals surface area contributed by atoms with Crippen LogP contribution in [0.25, 0.3) is 0 Å². The number of phenolic OH excluding ortho intramolecular Hbond substituents is 2. The van der Waals surface area contributed by atoms with Crippen molar-refractivity contribution in [3.05, 3.63) is 47.0 Å². The number of halogens is 1. The first-order valence-electron chi connectivity index (χ1n) is 5.74. The lowest BCUT2D eigenvalue weighted by molar-refractivity contribution is 0.0992. The summed E-state index contributed by atoms with van der Waals surface area (Å²) in [6.07, 6.45) is 0. The van der Waals surface area contributed by atoms with Gasteiger partial charge in [0.25, 0.3) is 5.91 Å². The van der Waals surface area contributed by atoms with Gasteiger partial charge in [0.05, 0.1) is 11.4 Å². The van der Waals surface area contributed by atoms with Gasteiger partial charge in [0, 0.05) is 23.7 Å². The second kappa shape index (κ2) is 5.30. The zero-order chi connectivity index (χ0) is 14.9. The Morgan fingerprint density at radius 2 is 1.75 bits per heavy atom. The molecule has 0 radical (unpaired) electrons. The van der Waals surface area contributed by atoms with Crippen LogP contribution in [0.5, 0.6) is 11.5 Å². The number of nitrogens with zero attached hydrogens (tertiary/aromatic N) is 1. The van der Waals surface area contributed by atoms with Crippen molar-refractivity contribution in [1.29, 1.82) is 0 Å². The second-order valence-corrected chi connectivity index (χ2v) is 4.74. The van der Waals surface area contributed by atoms with Gasteiger partial charge >= 0.3 is 0 Å². The maximum absolute atomic E-state index is 12.3. The molecule has 1 amide bonds. The molecule has 0 aliphatic carbocycles. The molecule has 0 saturated carbocycles. The largest absolute Gasteiger partial charge is 0.508 e. The molecule has 0 bridgehead atoms. The molecule has 0 aliphatic rings. The van der Waals surface area contributed by atoms with Gasteiger partial charge in [0.2, 0.25) is 0 Å². The molecule has 0 heterocycles. The van der Waals surface area contributed by atoms with Crippen LogP contribution >= 0.6 is 11.6 Å². The highest BCUT2D eigenvalue weighted by Gasteiger charge is 2.17. The van der Waals surface area contributed by atoms with Gasteiger partial charge in [-0.25, -0.2) is 0 Å². The normalized spacial score (nSPS) is 10.3. The number of aromatic hydroxyl groups is 2. The Kier molecular flexibility index (Phi) is 3.72. The number of hydrogen-bond donors (Lipinski definition) is 3. The molecule has 20 heavy (non-hydrogen) atoms. The Morgan fingerprint density at radius 3 is 2.35 bits per heavy atom. The molecule has 0 spiro atoms. The van der Waals surface area contributed by atoms with Gasteiger partial charge in [-0.3, -0.25) is 4.79 Å². The molecule has 5 nitrogen and oxygen atoms in total. The van der Waals surface area contributed by atoms with Crippen LogP contribution in [0.4, 0.5) is 11.4 Å². The van der Waals surface area contributed by atoms with Gasteiger partial charge in [-0.15, -0.1) is 0 Å². The number of nitrogen functional groups attached to an aromatic ring is 1. The molecular formula is C14H13ClN2O3. The maximum atomic E-state index is 12.3. The third kappa shape index (κ3) is 2.78. The lowest BCUT2D eigenvalue weighted by Gasteiger charge is -2.19. The van der Waals surface area contributed by atoms with E-state index in [1.807, 2.05) is 0 Å². The van der Waals surface area contributed by atoms with E-state index in [-0.39, 0.29) is 17.1 Å². The van der Waals surface area contributed by atoms with Crippen LogP contribution in [0, 0.1) is 0 Å². The summed E-state index contributed by atoms with van der Waals surface area (Å²) in [6.45, 7) is 0. The third-order valence-electron chi connectivity index (χ3n) is 2.81. The number of carbonyl (C=O) groups is 1. The van der Waals surface area contributed by atoms with Crippen LogP contribution in [0.2, 0.25) is 5.02 Å². The summed E-state index contributed by atoms with van der Waals surface area (Å²) in [7, 11) is 1.53. The molecule has 0 atom stereocenters. The van der Waals surface area contributed by atoms with Crippen molar-refractivity contribution >= 4 is 28.9 Å². The van der Waals surface area contributed by atoms with E-state index in [1.54, 1.807) is 18.2 Å². The van der Waals surface area contributed by atoms with Gasteiger partial charge in [-0.05, 0) is 30.3 Å². The fraction of sp³-hybridized carbons (Fsp3) is 0.0714. The number of phenols is 2. The molecule has 2 rings (SSSR count). The van der Waals surface area contributed by atoms with E-state index in [9.17, 15) is 15.0 Å². The fourth-order valence-corrected chi connectivity index (χ4v) is 2.00. The highest BCUT2D eigenvalue weighted by atomic mass is 35.5. The number of carbonyl (C=O) groups excluding carboxylic acids is 1. The predicted octanol–water partition coefficient (Wildman–Crippen LogP) is 2.61. The summed E-state index contributed by atoms with van der Waals surface area (Å²) >= 11 is 5.89. The molecule has 0 saturated heterocycles. The van der Waals surface area contributed by atoms with E-state index >= 15 is 0 Å². The van der Waals surface area contributed by atoms with Crippen LogP contribution in [-0.4, -0.2) is 23.2 Å². The van der Waals surface area contributed by atoms with Crippen molar-refractivity contribution < 1.29 is 15.0 Å². The van der Waals surface area contributed by atoms with E-state index in [4.69, 9.17) is 17.3 Å². The molecule has 2 aromatic carbocycles. The number of anilines is 2. The molecule has 104 valence electrons. The van der Waals surface area contributed by atoms with E-state index in [0.29, 0.717) is 16.4 Å². The molecule has 0 aliphatic heterocycles. The minimum absolute atomic E-state index is 0.143. The van der Waals surface area contributed by atoms with Gasteiger partial charge in [0.1, 0.15) is 11.5 Å². The lowest BCUT2D eigenvalue weighted by atomic mass is 10.1. The van der Waals surface area contributed by atoms with E-state index in [2.05, 4.69) is 0 Å². The lowest BCUT2D eigenvalue weighted by Crippen LogP contribution is -2.27. The summed E-state index contributed by atoms with van der Waals surface area (Å²) < 4.78 is 0. The zero-order valence-corrected chi connectivity index (χ0v) is 11.4. The molecular weight excluding hydrogens is 280 g/mol. The quantitative estimate of drug-likeness (QED) is 0.743. The highest BCUT2D eigenvalue weighted by molar-refractivity contribution is 6.31. The summed E-state index contributed by atoms with van der Waals surface area (Å²) in [5.41, 5.74) is 6.80. The van der Waals surface area contributed by atoms with Crippen LogP contribution in [0.3, 0.4) is 0 Å². The third-order valence-corrected chi connectivity index (χ3v) is 3.04. The average molecular weight is 293 g/mol. The number of nitrogens with two attached hydrogens (primary N) is 1. The summed E-state index contributed by atoms with van der Waals surface area (Å²) in [5.74, 6) is -0.813. The van der Waals surface area contributed by atoms with Crippen LogP contribution in [0.15, 0.2) is 36.4 Å². The maximum Gasteiger partial charge on any atom is 0.258 e. The minimum Gasteiger partial charge on any atom is -0.508 e. The van der Waals surface area contributed by atoms with Gasteiger partial charge < -0.3 is 20.8 Å². The molecule has 4 N–H and O–H groups in total. The number of amides is 1. The first kappa shape index (κ1) is 14.0.